The predicted octanol–water partition coefficient (Wildman–Crippen LogP) is 5.07. The number of sulfonamides is 1. The van der Waals surface area contributed by atoms with Crippen molar-refractivity contribution < 1.29 is 27.9 Å². The Morgan fingerprint density at radius 2 is 1.84 bits per heavy atom. The molecule has 2 aliphatic heterocycles. The number of hydrogen-bond acceptors (Lipinski definition) is 5. The first-order chi connectivity index (χ1) is 18.0. The number of carbonyl (C=O) groups is 2. The lowest BCUT2D eigenvalue weighted by atomic mass is 9.89. The maximum Gasteiger partial charge on any atom is 0.306 e. The molecule has 0 aromatic heterocycles. The van der Waals surface area contributed by atoms with Crippen LogP contribution in [0, 0.1) is 0 Å². The Bertz CT molecular complexity index is 1270. The summed E-state index contributed by atoms with van der Waals surface area (Å²) in [5.41, 5.74) is 1.34. The van der Waals surface area contributed by atoms with Gasteiger partial charge < -0.3 is 14.7 Å². The minimum absolute atomic E-state index is 0.107. The highest BCUT2D eigenvalue weighted by Crippen LogP contribution is 2.45. The predicted molar refractivity (Wildman–Crippen MR) is 146 cm³/mol. The van der Waals surface area contributed by atoms with Crippen molar-refractivity contribution in [3.05, 3.63) is 69.7 Å². The maximum atomic E-state index is 13.9. The summed E-state index contributed by atoms with van der Waals surface area (Å²) in [7, 11) is -3.69. The Labute approximate surface area is 233 Å². The molecule has 1 N–H and O–H groups in total. The average molecular weight is 584 g/mol. The molecule has 0 spiro atoms. The summed E-state index contributed by atoms with van der Waals surface area (Å²) in [5, 5.41) is 10.5. The molecule has 2 fully saturated rings. The molecule has 0 bridgehead atoms. The highest BCUT2D eigenvalue weighted by atomic mass is 35.5. The average Bonchev–Trinajstić information content (AvgIpc) is 3.31. The molecular formula is C27H32Cl2N2O6S. The van der Waals surface area contributed by atoms with Crippen LogP contribution in [-0.4, -0.2) is 65.1 Å². The third kappa shape index (κ3) is 6.18. The second kappa shape index (κ2) is 11.9. The molecule has 206 valence electrons. The number of carbonyl (C=O) groups excluding carboxylic acids is 1. The standard InChI is InChI=1S/C27H32Cl2N2O6S/c1-3-22(16-38(35,36)30-13-5-6-17(30)2)31-25(18-9-11-20(28)12-10-18)26(19-7-4-8-21(29)14-19)37-23(27(31)34)15-24(32)33/h4,7-12,14,17,22-23,25-26H,3,5-6,13,15-16H2,1-2H3,(H,32,33)/t17-,22?,23+,25?,26-/m1/s1. The zero-order valence-corrected chi connectivity index (χ0v) is 23.6. The van der Waals surface area contributed by atoms with E-state index in [4.69, 9.17) is 27.9 Å². The minimum Gasteiger partial charge on any atom is -0.481 e. The molecule has 1 amide bonds. The molecule has 2 heterocycles. The van der Waals surface area contributed by atoms with Crippen molar-refractivity contribution in [2.45, 2.75) is 69.9 Å². The lowest BCUT2D eigenvalue weighted by molar-refractivity contribution is -0.182. The fourth-order valence-electron chi connectivity index (χ4n) is 5.45. The molecule has 38 heavy (non-hydrogen) atoms. The summed E-state index contributed by atoms with van der Waals surface area (Å²) in [6.45, 7) is 4.17. The number of ether oxygens (including phenoxy) is 1. The van der Waals surface area contributed by atoms with Gasteiger partial charge in [-0.25, -0.2) is 8.42 Å². The van der Waals surface area contributed by atoms with Gasteiger partial charge in [-0.2, -0.15) is 4.31 Å². The van der Waals surface area contributed by atoms with Crippen molar-refractivity contribution >= 4 is 45.1 Å². The molecular weight excluding hydrogens is 551 g/mol. The van der Waals surface area contributed by atoms with E-state index in [0.717, 1.165) is 12.8 Å². The third-order valence-corrected chi connectivity index (χ3v) is 9.84. The molecule has 2 unspecified atom stereocenters. The van der Waals surface area contributed by atoms with Gasteiger partial charge in [0.25, 0.3) is 5.91 Å². The summed E-state index contributed by atoms with van der Waals surface area (Å²) in [5.74, 6) is -2.02. The van der Waals surface area contributed by atoms with E-state index in [-0.39, 0.29) is 11.8 Å². The molecule has 0 radical (unpaired) electrons. The number of amides is 1. The molecule has 2 saturated heterocycles. The van der Waals surface area contributed by atoms with Crippen LogP contribution >= 0.6 is 23.2 Å². The fraction of sp³-hybridized carbons (Fsp3) is 0.481. The van der Waals surface area contributed by atoms with E-state index in [9.17, 15) is 23.1 Å². The molecule has 2 aromatic rings. The largest absolute Gasteiger partial charge is 0.481 e. The first kappa shape index (κ1) is 28.8. The zero-order valence-electron chi connectivity index (χ0n) is 21.3. The zero-order chi connectivity index (χ0) is 27.6. The van der Waals surface area contributed by atoms with Crippen LogP contribution < -0.4 is 0 Å². The van der Waals surface area contributed by atoms with E-state index in [1.54, 1.807) is 48.5 Å². The smallest absolute Gasteiger partial charge is 0.306 e. The fourth-order valence-corrected chi connectivity index (χ4v) is 7.91. The number of aliphatic carboxylic acids is 1. The molecule has 2 aromatic carbocycles. The van der Waals surface area contributed by atoms with E-state index in [2.05, 4.69) is 0 Å². The quantitative estimate of drug-likeness (QED) is 0.442. The number of benzene rings is 2. The number of halogens is 2. The van der Waals surface area contributed by atoms with Crippen molar-refractivity contribution in [3.63, 3.8) is 0 Å². The molecule has 8 nitrogen and oxygen atoms in total. The number of nitrogens with zero attached hydrogens (tertiary/aromatic N) is 2. The van der Waals surface area contributed by atoms with Gasteiger partial charge >= 0.3 is 5.97 Å². The monoisotopic (exact) mass is 582 g/mol. The van der Waals surface area contributed by atoms with Crippen LogP contribution in [-0.2, 0) is 24.3 Å². The van der Waals surface area contributed by atoms with Gasteiger partial charge in [0.2, 0.25) is 10.0 Å². The molecule has 2 aliphatic rings. The van der Waals surface area contributed by atoms with Crippen LogP contribution in [0.2, 0.25) is 10.0 Å². The Morgan fingerprint density at radius 3 is 2.42 bits per heavy atom. The van der Waals surface area contributed by atoms with E-state index in [1.165, 1.54) is 9.21 Å². The number of hydrogen-bond donors (Lipinski definition) is 1. The van der Waals surface area contributed by atoms with Gasteiger partial charge in [0, 0.05) is 28.7 Å². The third-order valence-electron chi connectivity index (χ3n) is 7.29. The highest BCUT2D eigenvalue weighted by Gasteiger charge is 2.48. The molecule has 0 saturated carbocycles. The van der Waals surface area contributed by atoms with Gasteiger partial charge in [-0.3, -0.25) is 9.59 Å². The molecule has 0 aliphatic carbocycles. The lowest BCUT2D eigenvalue weighted by Crippen LogP contribution is -2.57. The summed E-state index contributed by atoms with van der Waals surface area (Å²) in [4.78, 5) is 27.1. The summed E-state index contributed by atoms with van der Waals surface area (Å²) in [6, 6.07) is 12.4. The second-order valence-electron chi connectivity index (χ2n) is 9.88. The summed E-state index contributed by atoms with van der Waals surface area (Å²) >= 11 is 12.4. The maximum absolute atomic E-state index is 13.9. The van der Waals surface area contributed by atoms with E-state index in [0.29, 0.717) is 34.1 Å². The van der Waals surface area contributed by atoms with Crippen LogP contribution in [0.5, 0.6) is 0 Å². The second-order valence-corrected chi connectivity index (χ2v) is 12.7. The summed E-state index contributed by atoms with van der Waals surface area (Å²) < 4.78 is 34.8. The number of rotatable bonds is 9. The van der Waals surface area contributed by atoms with Crippen molar-refractivity contribution in [2.24, 2.45) is 0 Å². The number of carboxylic acids is 1. The van der Waals surface area contributed by atoms with Crippen LogP contribution in [0.15, 0.2) is 48.5 Å². The van der Waals surface area contributed by atoms with Crippen molar-refractivity contribution in [3.8, 4) is 0 Å². The molecule has 11 heteroatoms. The summed E-state index contributed by atoms with van der Waals surface area (Å²) in [6.07, 6.45) is -0.705. The first-order valence-corrected chi connectivity index (χ1v) is 15.1. The van der Waals surface area contributed by atoms with Crippen molar-refractivity contribution in [1.29, 1.82) is 0 Å². The Balaban J connectivity index is 1.83. The molecule has 4 rings (SSSR count). The Kier molecular flexibility index (Phi) is 9.04. The number of carboxylic acid groups (broad SMARTS) is 1. The van der Waals surface area contributed by atoms with Crippen LogP contribution in [0.4, 0.5) is 0 Å². The van der Waals surface area contributed by atoms with E-state index in [1.807, 2.05) is 13.8 Å². The Hall–Kier alpha value is -2.17. The van der Waals surface area contributed by atoms with Gasteiger partial charge in [-0.05, 0) is 61.6 Å². The first-order valence-electron chi connectivity index (χ1n) is 12.7. The van der Waals surface area contributed by atoms with Gasteiger partial charge in [-0.15, -0.1) is 0 Å². The van der Waals surface area contributed by atoms with Gasteiger partial charge in [0.15, 0.2) is 0 Å². The van der Waals surface area contributed by atoms with Gasteiger partial charge in [-0.1, -0.05) is 54.4 Å². The van der Waals surface area contributed by atoms with Crippen molar-refractivity contribution in [2.75, 3.05) is 12.3 Å². The lowest BCUT2D eigenvalue weighted by Gasteiger charge is -2.48. The van der Waals surface area contributed by atoms with E-state index < -0.39 is 52.6 Å². The Morgan fingerprint density at radius 1 is 1.13 bits per heavy atom. The van der Waals surface area contributed by atoms with Crippen molar-refractivity contribution in [1.82, 2.24) is 9.21 Å². The van der Waals surface area contributed by atoms with E-state index >= 15 is 0 Å². The van der Waals surface area contributed by atoms with Gasteiger partial charge in [0.05, 0.1) is 18.2 Å². The topological polar surface area (TPSA) is 104 Å². The highest BCUT2D eigenvalue weighted by molar-refractivity contribution is 7.89. The SMILES string of the molecule is CCC(CS(=O)(=O)N1CCC[C@H]1C)N1C(=O)[C@H](CC(=O)O)O[C@H](c2cccc(Cl)c2)C1c1ccc(Cl)cc1. The van der Waals surface area contributed by atoms with Crippen LogP contribution in [0.1, 0.15) is 62.8 Å². The van der Waals surface area contributed by atoms with Crippen LogP contribution in [0.25, 0.3) is 0 Å². The normalized spacial score (nSPS) is 25.5. The number of morpholine rings is 1. The van der Waals surface area contributed by atoms with Gasteiger partial charge in [0.1, 0.15) is 12.2 Å². The molecule has 5 atom stereocenters. The minimum atomic E-state index is -3.69. The van der Waals surface area contributed by atoms with Crippen LogP contribution in [0.3, 0.4) is 0 Å².